The van der Waals surface area contributed by atoms with E-state index in [-0.39, 0.29) is 24.9 Å². The summed E-state index contributed by atoms with van der Waals surface area (Å²) >= 11 is 0. The summed E-state index contributed by atoms with van der Waals surface area (Å²) in [4.78, 5) is 32.2. The number of para-hydroxylation sites is 1. The van der Waals surface area contributed by atoms with Gasteiger partial charge in [0, 0.05) is 32.0 Å². The summed E-state index contributed by atoms with van der Waals surface area (Å²) < 4.78 is 1.60. The third-order valence-corrected chi connectivity index (χ3v) is 7.76. The molecule has 0 fully saturated rings. The van der Waals surface area contributed by atoms with Gasteiger partial charge in [-0.1, -0.05) is 79.7 Å². The van der Waals surface area contributed by atoms with Crippen molar-refractivity contribution in [1.82, 2.24) is 19.9 Å². The number of nitrogens with one attached hydrogen (secondary N) is 1. The topological polar surface area (TPSA) is 83.4 Å². The highest BCUT2D eigenvalue weighted by Gasteiger charge is 2.32. The maximum Gasteiger partial charge on any atom is 0.251 e. The lowest BCUT2D eigenvalue weighted by Crippen LogP contribution is -2.42. The number of nitrogens with zero attached hydrogens (tertiary/aromatic N) is 5. The summed E-state index contributed by atoms with van der Waals surface area (Å²) in [6, 6.07) is 30.2. The maximum atomic E-state index is 14.3. The molecule has 5 aromatic rings. The van der Waals surface area contributed by atoms with Gasteiger partial charge in [0.1, 0.15) is 18.1 Å². The van der Waals surface area contributed by atoms with Gasteiger partial charge in [0.2, 0.25) is 5.91 Å². The quantitative estimate of drug-likeness (QED) is 0.211. The molecule has 0 saturated heterocycles. The third kappa shape index (κ3) is 6.75. The predicted octanol–water partition coefficient (Wildman–Crippen LogP) is 6.34. The monoisotopic (exact) mass is 574 g/mol. The highest BCUT2D eigenvalue weighted by atomic mass is 16.2. The molecular weight excluding hydrogens is 536 g/mol. The van der Waals surface area contributed by atoms with Crippen molar-refractivity contribution in [3.63, 3.8) is 0 Å². The molecule has 1 heterocycles. The lowest BCUT2D eigenvalue weighted by Gasteiger charge is -2.32. The first-order chi connectivity index (χ1) is 20.7. The van der Waals surface area contributed by atoms with Gasteiger partial charge >= 0.3 is 0 Å². The fraction of sp³-hybridized carbons (Fsp3) is 0.257. The normalized spacial score (nSPS) is 11.9. The van der Waals surface area contributed by atoms with Crippen LogP contribution in [0, 0.1) is 6.92 Å². The molecule has 1 unspecified atom stereocenters. The van der Waals surface area contributed by atoms with Gasteiger partial charge in [-0.3, -0.25) is 9.59 Å². The average Bonchev–Trinajstić information content (AvgIpc) is 3.41. The second kappa shape index (κ2) is 12.9. The lowest BCUT2D eigenvalue weighted by molar-refractivity contribution is -0.140. The van der Waals surface area contributed by atoms with Crippen LogP contribution in [0.25, 0.3) is 11.0 Å². The van der Waals surface area contributed by atoms with E-state index in [0.29, 0.717) is 17.1 Å². The number of aromatic nitrogens is 3. The summed E-state index contributed by atoms with van der Waals surface area (Å²) in [6.07, 6.45) is 0. The Hall–Kier alpha value is -4.98. The van der Waals surface area contributed by atoms with Gasteiger partial charge in [-0.15, -0.1) is 5.10 Å². The van der Waals surface area contributed by atoms with Crippen LogP contribution in [0.1, 0.15) is 48.1 Å². The molecule has 5 rings (SSSR count). The molecule has 2 amide bonds. The van der Waals surface area contributed by atoms with Crippen molar-refractivity contribution in [3.05, 3.63) is 119 Å². The zero-order chi connectivity index (χ0) is 30.5. The number of aryl methyl sites for hydroxylation is 1. The number of amides is 2. The largest absolute Gasteiger partial charge is 0.378 e. The standard InChI is InChI=1S/C35H38N6O2/c1-24(2)26-14-16-27(17-15-26)34(35(43)36-29-18-20-30(21-19-29)39(4)5)40(22-28-11-7-6-10-25(28)3)33(42)23-41-32-13-9-8-12-31(32)37-38-41/h6-21,24,34H,22-23H2,1-5H3,(H,36,43). The van der Waals surface area contributed by atoms with Gasteiger partial charge in [-0.05, 0) is 71.5 Å². The number of carbonyl (C=O) groups is 2. The van der Waals surface area contributed by atoms with Gasteiger partial charge in [0.05, 0.1) is 5.52 Å². The first kappa shape index (κ1) is 29.5. The van der Waals surface area contributed by atoms with Crippen molar-refractivity contribution in [3.8, 4) is 0 Å². The van der Waals surface area contributed by atoms with Crippen LogP contribution in [-0.4, -0.2) is 45.8 Å². The molecule has 1 atom stereocenters. The van der Waals surface area contributed by atoms with Gasteiger partial charge in [0.15, 0.2) is 0 Å². The Morgan fingerprint density at radius 2 is 1.49 bits per heavy atom. The number of fused-ring (bicyclic) bond motifs is 1. The number of anilines is 2. The smallest absolute Gasteiger partial charge is 0.251 e. The SMILES string of the molecule is Cc1ccccc1CN(C(=O)Cn1nnc2ccccc21)C(C(=O)Nc1ccc(N(C)C)cc1)c1ccc(C(C)C)cc1. The first-order valence-electron chi connectivity index (χ1n) is 14.5. The van der Waals surface area contributed by atoms with E-state index in [1.54, 1.807) is 9.58 Å². The molecule has 0 aliphatic heterocycles. The summed E-state index contributed by atoms with van der Waals surface area (Å²) in [6.45, 7) is 6.47. The zero-order valence-electron chi connectivity index (χ0n) is 25.4. The number of carbonyl (C=O) groups excluding carboxylic acids is 2. The van der Waals surface area contributed by atoms with E-state index < -0.39 is 6.04 Å². The number of hydrogen-bond donors (Lipinski definition) is 1. The maximum absolute atomic E-state index is 14.3. The Morgan fingerprint density at radius 1 is 0.837 bits per heavy atom. The minimum atomic E-state index is -0.892. The Morgan fingerprint density at radius 3 is 2.16 bits per heavy atom. The van der Waals surface area contributed by atoms with Gasteiger partial charge in [0.25, 0.3) is 5.91 Å². The molecule has 0 bridgehead atoms. The summed E-state index contributed by atoms with van der Waals surface area (Å²) in [5.74, 6) is -0.197. The van der Waals surface area contributed by atoms with Gasteiger partial charge < -0.3 is 15.1 Å². The molecular formula is C35H38N6O2. The molecule has 8 heteroatoms. The van der Waals surface area contributed by atoms with Crippen LogP contribution >= 0.6 is 0 Å². The summed E-state index contributed by atoms with van der Waals surface area (Å²) in [5, 5.41) is 11.6. The van der Waals surface area contributed by atoms with Crippen LogP contribution in [0.5, 0.6) is 0 Å². The number of hydrogen-bond acceptors (Lipinski definition) is 5. The fourth-order valence-electron chi connectivity index (χ4n) is 5.14. The van der Waals surface area contributed by atoms with Crippen LogP contribution in [0.2, 0.25) is 0 Å². The van der Waals surface area contributed by atoms with E-state index in [9.17, 15) is 9.59 Å². The molecule has 8 nitrogen and oxygen atoms in total. The first-order valence-corrected chi connectivity index (χ1v) is 14.5. The van der Waals surface area contributed by atoms with Crippen molar-refractivity contribution < 1.29 is 9.59 Å². The molecule has 0 radical (unpaired) electrons. The molecule has 0 spiro atoms. The van der Waals surface area contributed by atoms with Gasteiger partial charge in [-0.2, -0.15) is 0 Å². The molecule has 43 heavy (non-hydrogen) atoms. The Labute approximate surface area is 252 Å². The van der Waals surface area contributed by atoms with Gasteiger partial charge in [-0.25, -0.2) is 4.68 Å². The van der Waals surface area contributed by atoms with Crippen LogP contribution in [0.4, 0.5) is 11.4 Å². The van der Waals surface area contributed by atoms with E-state index in [0.717, 1.165) is 33.5 Å². The third-order valence-electron chi connectivity index (χ3n) is 7.76. The molecule has 4 aromatic carbocycles. The van der Waals surface area contributed by atoms with E-state index in [1.807, 2.05) is 123 Å². The minimum Gasteiger partial charge on any atom is -0.378 e. The summed E-state index contributed by atoms with van der Waals surface area (Å²) in [5.41, 5.74) is 7.05. The molecule has 1 N–H and O–H groups in total. The van der Waals surface area contributed by atoms with E-state index in [2.05, 4.69) is 29.5 Å². The van der Waals surface area contributed by atoms with Crippen LogP contribution < -0.4 is 10.2 Å². The molecule has 0 aliphatic rings. The van der Waals surface area contributed by atoms with E-state index in [4.69, 9.17) is 0 Å². The highest BCUT2D eigenvalue weighted by molar-refractivity contribution is 5.98. The zero-order valence-corrected chi connectivity index (χ0v) is 25.4. The molecule has 220 valence electrons. The summed E-state index contributed by atoms with van der Waals surface area (Å²) in [7, 11) is 3.94. The molecule has 0 aliphatic carbocycles. The highest BCUT2D eigenvalue weighted by Crippen LogP contribution is 2.29. The van der Waals surface area contributed by atoms with E-state index >= 15 is 0 Å². The van der Waals surface area contributed by atoms with Crippen LogP contribution in [0.15, 0.2) is 97.1 Å². The number of rotatable bonds is 10. The Kier molecular flexibility index (Phi) is 8.85. The molecule has 0 saturated carbocycles. The van der Waals surface area contributed by atoms with E-state index in [1.165, 1.54) is 0 Å². The second-order valence-electron chi connectivity index (χ2n) is 11.3. The van der Waals surface area contributed by atoms with Crippen molar-refractivity contribution >= 4 is 34.2 Å². The fourth-order valence-corrected chi connectivity index (χ4v) is 5.14. The Balaban J connectivity index is 1.56. The van der Waals surface area contributed by atoms with Crippen LogP contribution in [-0.2, 0) is 22.7 Å². The van der Waals surface area contributed by atoms with Crippen molar-refractivity contribution in [2.24, 2.45) is 0 Å². The van der Waals surface area contributed by atoms with Crippen LogP contribution in [0.3, 0.4) is 0 Å². The van der Waals surface area contributed by atoms with Crippen molar-refractivity contribution in [2.75, 3.05) is 24.3 Å². The molecule has 1 aromatic heterocycles. The second-order valence-corrected chi connectivity index (χ2v) is 11.3. The lowest BCUT2D eigenvalue weighted by atomic mass is 9.97. The van der Waals surface area contributed by atoms with Crippen molar-refractivity contribution in [2.45, 2.75) is 45.8 Å². The number of benzene rings is 4. The minimum absolute atomic E-state index is 0.0578. The Bertz CT molecular complexity index is 1710. The predicted molar refractivity (Wildman–Crippen MR) is 172 cm³/mol. The average molecular weight is 575 g/mol. The van der Waals surface area contributed by atoms with Crippen molar-refractivity contribution in [1.29, 1.82) is 0 Å².